The van der Waals surface area contributed by atoms with Gasteiger partial charge in [-0.15, -0.1) is 0 Å². The number of amides is 1. The molecule has 0 aliphatic heterocycles. The summed E-state index contributed by atoms with van der Waals surface area (Å²) in [5.74, 6) is 0.465. The number of hydrogen-bond donors (Lipinski definition) is 2. The maximum atomic E-state index is 12.5. The molecule has 23 heavy (non-hydrogen) atoms. The van der Waals surface area contributed by atoms with Crippen LogP contribution in [0.5, 0.6) is 5.75 Å². The van der Waals surface area contributed by atoms with E-state index in [0.717, 1.165) is 6.42 Å². The summed E-state index contributed by atoms with van der Waals surface area (Å²) in [4.78, 5) is 12.3. The van der Waals surface area contributed by atoms with Crippen molar-refractivity contribution in [3.63, 3.8) is 0 Å². The summed E-state index contributed by atoms with van der Waals surface area (Å²) in [6, 6.07) is 5.27. The van der Waals surface area contributed by atoms with E-state index in [1.165, 1.54) is 19.2 Å². The van der Waals surface area contributed by atoms with Gasteiger partial charge >= 0.3 is 0 Å². The van der Waals surface area contributed by atoms with Crippen molar-refractivity contribution < 1.29 is 17.9 Å². The number of rotatable bonds is 9. The fourth-order valence-corrected chi connectivity index (χ4v) is 3.27. The van der Waals surface area contributed by atoms with Crippen molar-refractivity contribution in [2.24, 2.45) is 5.92 Å². The van der Waals surface area contributed by atoms with Gasteiger partial charge in [0, 0.05) is 6.54 Å². The predicted molar refractivity (Wildman–Crippen MR) is 89.9 cm³/mol. The van der Waals surface area contributed by atoms with E-state index in [9.17, 15) is 13.2 Å². The minimum absolute atomic E-state index is 0.107. The lowest BCUT2D eigenvalue weighted by Gasteiger charge is -2.20. The molecule has 1 rings (SSSR count). The fraction of sp³-hybridized carbons (Fsp3) is 0.562. The van der Waals surface area contributed by atoms with Crippen molar-refractivity contribution in [2.75, 3.05) is 13.7 Å². The van der Waals surface area contributed by atoms with E-state index >= 15 is 0 Å². The van der Waals surface area contributed by atoms with Crippen LogP contribution in [0.4, 0.5) is 0 Å². The van der Waals surface area contributed by atoms with Gasteiger partial charge in [-0.2, -0.15) is 4.72 Å². The zero-order valence-corrected chi connectivity index (χ0v) is 14.9. The summed E-state index contributed by atoms with van der Waals surface area (Å²) in [6.45, 7) is 6.36. The molecule has 1 unspecified atom stereocenters. The molecule has 1 amide bonds. The highest BCUT2D eigenvalue weighted by atomic mass is 32.2. The van der Waals surface area contributed by atoms with Crippen molar-refractivity contribution in [2.45, 2.75) is 44.6 Å². The Morgan fingerprint density at radius 3 is 2.30 bits per heavy atom. The summed E-state index contributed by atoms with van der Waals surface area (Å²) in [5.41, 5.74) is 0. The lowest BCUT2D eigenvalue weighted by Crippen LogP contribution is -2.47. The largest absolute Gasteiger partial charge is 0.497 e. The van der Waals surface area contributed by atoms with Crippen LogP contribution in [0.1, 0.15) is 33.6 Å². The van der Waals surface area contributed by atoms with Gasteiger partial charge in [-0.3, -0.25) is 4.79 Å². The molecule has 6 nitrogen and oxygen atoms in total. The summed E-state index contributed by atoms with van der Waals surface area (Å²) >= 11 is 0. The molecule has 1 aromatic carbocycles. The molecule has 0 saturated heterocycles. The zero-order valence-electron chi connectivity index (χ0n) is 14.1. The van der Waals surface area contributed by atoms with Crippen LogP contribution in [0, 0.1) is 5.92 Å². The summed E-state index contributed by atoms with van der Waals surface area (Å²) in [5, 5.41) is 2.74. The van der Waals surface area contributed by atoms with E-state index < -0.39 is 16.1 Å². The molecule has 0 fully saturated rings. The van der Waals surface area contributed by atoms with Crippen LogP contribution in [-0.4, -0.2) is 34.0 Å². The van der Waals surface area contributed by atoms with Crippen molar-refractivity contribution >= 4 is 15.9 Å². The zero-order chi connectivity index (χ0) is 17.5. The topological polar surface area (TPSA) is 84.5 Å². The molecule has 1 aromatic rings. The molecule has 7 heteroatoms. The number of ether oxygens (including phenoxy) is 1. The fourth-order valence-electron chi connectivity index (χ4n) is 2.06. The van der Waals surface area contributed by atoms with E-state index in [0.29, 0.717) is 18.7 Å². The minimum Gasteiger partial charge on any atom is -0.497 e. The van der Waals surface area contributed by atoms with Crippen LogP contribution in [0.25, 0.3) is 0 Å². The first-order valence-corrected chi connectivity index (χ1v) is 9.22. The Bertz CT molecular complexity index is 597. The number of hydrogen-bond acceptors (Lipinski definition) is 4. The number of nitrogens with one attached hydrogen (secondary N) is 2. The van der Waals surface area contributed by atoms with Crippen molar-refractivity contribution in [3.8, 4) is 5.75 Å². The van der Waals surface area contributed by atoms with E-state index in [1.807, 2.05) is 20.8 Å². The van der Waals surface area contributed by atoms with Gasteiger partial charge in [0.05, 0.1) is 12.0 Å². The Balaban J connectivity index is 2.92. The number of benzene rings is 1. The average molecular weight is 342 g/mol. The Hall–Kier alpha value is -1.60. The highest BCUT2D eigenvalue weighted by molar-refractivity contribution is 7.89. The summed E-state index contributed by atoms with van der Waals surface area (Å²) in [6.07, 6.45) is 1.23. The molecule has 1 atom stereocenters. The third kappa shape index (κ3) is 6.19. The molecule has 0 heterocycles. The second-order valence-corrected chi connectivity index (χ2v) is 7.48. The molecule has 0 aromatic heterocycles. The number of sulfonamides is 1. The maximum absolute atomic E-state index is 12.5. The standard InChI is InChI=1S/C16H26N2O4S/c1-5-10-17-16(19)15(11-12(2)3)18-23(20,21)14-8-6-13(22-4)7-9-14/h6-9,12,15,18H,5,10-11H2,1-4H3,(H,17,19). The van der Waals surface area contributed by atoms with Gasteiger partial charge in [-0.1, -0.05) is 20.8 Å². The number of methoxy groups -OCH3 is 1. The van der Waals surface area contributed by atoms with Crippen LogP contribution < -0.4 is 14.8 Å². The Morgan fingerprint density at radius 1 is 1.22 bits per heavy atom. The summed E-state index contributed by atoms with van der Waals surface area (Å²) in [7, 11) is -2.25. The van der Waals surface area contributed by atoms with Crippen LogP contribution in [-0.2, 0) is 14.8 Å². The van der Waals surface area contributed by atoms with E-state index in [4.69, 9.17) is 4.74 Å². The van der Waals surface area contributed by atoms with Crippen LogP contribution in [0.2, 0.25) is 0 Å². The quantitative estimate of drug-likeness (QED) is 0.718. The van der Waals surface area contributed by atoms with Crippen molar-refractivity contribution in [1.29, 1.82) is 0 Å². The van der Waals surface area contributed by atoms with Crippen molar-refractivity contribution in [1.82, 2.24) is 10.0 Å². The minimum atomic E-state index is -3.77. The van der Waals surface area contributed by atoms with Gasteiger partial charge in [0.25, 0.3) is 0 Å². The Kier molecular flexibility index (Phi) is 7.51. The molecule has 0 aliphatic rings. The van der Waals surface area contributed by atoms with Gasteiger partial charge < -0.3 is 10.1 Å². The van der Waals surface area contributed by atoms with Gasteiger partial charge in [0.15, 0.2) is 0 Å². The number of carbonyl (C=O) groups is 1. The lowest BCUT2D eigenvalue weighted by atomic mass is 10.0. The molecule has 0 radical (unpaired) electrons. The van der Waals surface area contributed by atoms with Gasteiger partial charge in [0.2, 0.25) is 15.9 Å². The van der Waals surface area contributed by atoms with Crippen LogP contribution in [0.3, 0.4) is 0 Å². The first kappa shape index (κ1) is 19.4. The third-order valence-corrected chi connectivity index (χ3v) is 4.73. The van der Waals surface area contributed by atoms with Crippen molar-refractivity contribution in [3.05, 3.63) is 24.3 Å². The number of carbonyl (C=O) groups excluding carboxylic acids is 1. The maximum Gasteiger partial charge on any atom is 0.241 e. The second kappa shape index (κ2) is 8.88. The Morgan fingerprint density at radius 2 is 1.83 bits per heavy atom. The monoisotopic (exact) mass is 342 g/mol. The van der Waals surface area contributed by atoms with Crippen LogP contribution in [0.15, 0.2) is 29.2 Å². The van der Waals surface area contributed by atoms with E-state index in [-0.39, 0.29) is 16.7 Å². The first-order chi connectivity index (χ1) is 10.8. The molecule has 2 N–H and O–H groups in total. The molecular formula is C16H26N2O4S. The molecular weight excluding hydrogens is 316 g/mol. The molecule has 0 spiro atoms. The van der Waals surface area contributed by atoms with E-state index in [1.54, 1.807) is 12.1 Å². The predicted octanol–water partition coefficient (Wildman–Crippen LogP) is 1.91. The first-order valence-electron chi connectivity index (χ1n) is 7.74. The van der Waals surface area contributed by atoms with Crippen LogP contribution >= 0.6 is 0 Å². The lowest BCUT2D eigenvalue weighted by molar-refractivity contribution is -0.123. The molecule has 0 bridgehead atoms. The second-order valence-electron chi connectivity index (χ2n) is 5.77. The highest BCUT2D eigenvalue weighted by Gasteiger charge is 2.26. The third-order valence-electron chi connectivity index (χ3n) is 3.24. The van der Waals surface area contributed by atoms with Gasteiger partial charge in [-0.05, 0) is 43.0 Å². The SMILES string of the molecule is CCCNC(=O)C(CC(C)C)NS(=O)(=O)c1ccc(OC)cc1. The average Bonchev–Trinajstić information content (AvgIpc) is 2.51. The van der Waals surface area contributed by atoms with E-state index in [2.05, 4.69) is 10.0 Å². The molecule has 0 saturated carbocycles. The Labute approximate surface area is 138 Å². The highest BCUT2D eigenvalue weighted by Crippen LogP contribution is 2.16. The summed E-state index contributed by atoms with van der Waals surface area (Å²) < 4.78 is 32.5. The van der Waals surface area contributed by atoms with Gasteiger partial charge in [0.1, 0.15) is 11.8 Å². The normalized spacial score (nSPS) is 12.9. The van der Waals surface area contributed by atoms with Gasteiger partial charge in [-0.25, -0.2) is 8.42 Å². The molecule has 0 aliphatic carbocycles. The molecule has 130 valence electrons. The smallest absolute Gasteiger partial charge is 0.241 e.